The van der Waals surface area contributed by atoms with Gasteiger partial charge in [-0.2, -0.15) is 0 Å². The Morgan fingerprint density at radius 3 is 2.47 bits per heavy atom. The highest BCUT2D eigenvalue weighted by molar-refractivity contribution is 5.96. The zero-order chi connectivity index (χ0) is 23.1. The van der Waals surface area contributed by atoms with Gasteiger partial charge < -0.3 is 19.0 Å². The third kappa shape index (κ3) is 6.33. The van der Waals surface area contributed by atoms with Crippen LogP contribution in [0.4, 0.5) is 0 Å². The number of amides is 2. The van der Waals surface area contributed by atoms with Crippen molar-refractivity contribution >= 4 is 11.8 Å². The Bertz CT molecular complexity index is 891. The molecule has 1 fully saturated rings. The summed E-state index contributed by atoms with van der Waals surface area (Å²) >= 11 is 0. The monoisotopic (exact) mass is 438 g/mol. The first-order valence-electron chi connectivity index (χ1n) is 11.2. The Morgan fingerprint density at radius 2 is 1.91 bits per heavy atom. The van der Waals surface area contributed by atoms with Crippen molar-refractivity contribution < 1.29 is 18.7 Å². The predicted octanol–water partition coefficient (Wildman–Crippen LogP) is 4.41. The highest BCUT2D eigenvalue weighted by atomic mass is 16.5. The van der Waals surface area contributed by atoms with Crippen LogP contribution in [0.15, 0.2) is 59.7 Å². The molecule has 1 aromatic carbocycles. The molecule has 0 saturated carbocycles. The maximum absolute atomic E-state index is 13.3. The zero-order valence-electron chi connectivity index (χ0n) is 19.4. The second-order valence-electron chi connectivity index (χ2n) is 9.29. The number of hydrogen-bond donors (Lipinski definition) is 0. The van der Waals surface area contributed by atoms with Gasteiger partial charge in [0, 0.05) is 25.3 Å². The van der Waals surface area contributed by atoms with E-state index in [1.54, 1.807) is 23.3 Å². The standard InChI is InChI=1S/C26H34N2O4/c1-5-14-27(25(30)20-10-12-21(13-11-20)26(2,3)4)19-24(29)28(17-22-8-6-15-31-22)18-23-9-7-16-32-23/h5-6,8,10-13,15,23H,1,7,9,14,16-19H2,2-4H3. The predicted molar refractivity (Wildman–Crippen MR) is 124 cm³/mol. The number of benzene rings is 1. The summed E-state index contributed by atoms with van der Waals surface area (Å²) in [5.41, 5.74) is 1.72. The lowest BCUT2D eigenvalue weighted by Gasteiger charge is -2.28. The van der Waals surface area contributed by atoms with Crippen LogP contribution < -0.4 is 0 Å². The minimum Gasteiger partial charge on any atom is -0.467 e. The van der Waals surface area contributed by atoms with Gasteiger partial charge in [0.25, 0.3) is 5.91 Å². The van der Waals surface area contributed by atoms with Gasteiger partial charge in [-0.1, -0.05) is 39.0 Å². The Balaban J connectivity index is 1.73. The second kappa shape index (κ2) is 10.6. The Labute approximate surface area is 190 Å². The van der Waals surface area contributed by atoms with Crippen LogP contribution in [0.25, 0.3) is 0 Å². The van der Waals surface area contributed by atoms with Crippen LogP contribution >= 0.6 is 0 Å². The van der Waals surface area contributed by atoms with Gasteiger partial charge >= 0.3 is 0 Å². The normalized spacial score (nSPS) is 16.0. The van der Waals surface area contributed by atoms with Gasteiger partial charge in [-0.25, -0.2) is 0 Å². The lowest BCUT2D eigenvalue weighted by atomic mass is 9.86. The first kappa shape index (κ1) is 23.8. The fourth-order valence-electron chi connectivity index (χ4n) is 3.81. The van der Waals surface area contributed by atoms with E-state index in [-0.39, 0.29) is 29.9 Å². The van der Waals surface area contributed by atoms with Crippen LogP contribution in [-0.2, 0) is 21.5 Å². The maximum Gasteiger partial charge on any atom is 0.254 e. The van der Waals surface area contributed by atoms with Crippen molar-refractivity contribution in [2.24, 2.45) is 0 Å². The number of nitrogens with zero attached hydrogens (tertiary/aromatic N) is 2. The van der Waals surface area contributed by atoms with E-state index in [0.29, 0.717) is 31.0 Å². The number of furan rings is 1. The SMILES string of the molecule is C=CCN(CC(=O)N(Cc1ccco1)CC1CCCO1)C(=O)c1ccc(C(C)(C)C)cc1. The fraction of sp³-hybridized carbons (Fsp3) is 0.462. The number of ether oxygens (including phenoxy) is 1. The van der Waals surface area contributed by atoms with Crippen LogP contribution in [0.5, 0.6) is 0 Å². The first-order valence-corrected chi connectivity index (χ1v) is 11.2. The zero-order valence-corrected chi connectivity index (χ0v) is 19.4. The van der Waals surface area contributed by atoms with E-state index in [9.17, 15) is 9.59 Å². The lowest BCUT2D eigenvalue weighted by molar-refractivity contribution is -0.134. The van der Waals surface area contributed by atoms with E-state index in [4.69, 9.17) is 9.15 Å². The average molecular weight is 439 g/mol. The molecule has 1 aliphatic rings. The molecule has 2 heterocycles. The summed E-state index contributed by atoms with van der Waals surface area (Å²) in [4.78, 5) is 29.7. The Hall–Kier alpha value is -2.86. The molecule has 1 aliphatic heterocycles. The van der Waals surface area contributed by atoms with Crippen molar-refractivity contribution in [3.8, 4) is 0 Å². The van der Waals surface area contributed by atoms with E-state index in [1.807, 2.05) is 30.3 Å². The molecular formula is C26H34N2O4. The molecule has 0 radical (unpaired) electrons. The molecule has 0 aliphatic carbocycles. The average Bonchev–Trinajstić information content (AvgIpc) is 3.46. The van der Waals surface area contributed by atoms with Crippen LogP contribution in [0.1, 0.15) is 55.3 Å². The smallest absolute Gasteiger partial charge is 0.254 e. The molecule has 0 spiro atoms. The molecule has 2 amide bonds. The highest BCUT2D eigenvalue weighted by Gasteiger charge is 2.26. The molecule has 6 heteroatoms. The summed E-state index contributed by atoms with van der Waals surface area (Å²) in [5.74, 6) is 0.378. The van der Waals surface area contributed by atoms with Crippen molar-refractivity contribution in [2.45, 2.75) is 51.7 Å². The van der Waals surface area contributed by atoms with Crippen molar-refractivity contribution in [2.75, 3.05) is 26.2 Å². The third-order valence-electron chi connectivity index (χ3n) is 5.69. The molecule has 0 bridgehead atoms. The maximum atomic E-state index is 13.3. The van der Waals surface area contributed by atoms with E-state index in [0.717, 1.165) is 25.0 Å². The third-order valence-corrected chi connectivity index (χ3v) is 5.69. The second-order valence-corrected chi connectivity index (χ2v) is 9.29. The number of rotatable bonds is 9. The minimum atomic E-state index is -0.186. The van der Waals surface area contributed by atoms with E-state index in [1.165, 1.54) is 4.90 Å². The summed E-state index contributed by atoms with van der Waals surface area (Å²) in [6.07, 6.45) is 5.18. The van der Waals surface area contributed by atoms with Gasteiger partial charge in [-0.05, 0) is 48.1 Å². The van der Waals surface area contributed by atoms with Crippen molar-refractivity contribution in [3.05, 3.63) is 72.2 Å². The van der Waals surface area contributed by atoms with Crippen LogP contribution in [0.3, 0.4) is 0 Å². The van der Waals surface area contributed by atoms with Crippen molar-refractivity contribution in [1.82, 2.24) is 9.80 Å². The van der Waals surface area contributed by atoms with Gasteiger partial charge in [-0.3, -0.25) is 9.59 Å². The van der Waals surface area contributed by atoms with E-state index >= 15 is 0 Å². The summed E-state index contributed by atoms with van der Waals surface area (Å²) in [6.45, 7) is 12.0. The number of carbonyl (C=O) groups is 2. The minimum absolute atomic E-state index is 0.00695. The fourth-order valence-corrected chi connectivity index (χ4v) is 3.81. The molecule has 1 unspecified atom stereocenters. The largest absolute Gasteiger partial charge is 0.467 e. The topological polar surface area (TPSA) is 63.0 Å². The number of hydrogen-bond acceptors (Lipinski definition) is 4. The summed E-state index contributed by atoms with van der Waals surface area (Å²) < 4.78 is 11.2. The van der Waals surface area contributed by atoms with Gasteiger partial charge in [-0.15, -0.1) is 6.58 Å². The molecule has 1 saturated heterocycles. The van der Waals surface area contributed by atoms with Crippen LogP contribution in [-0.4, -0.2) is 54.0 Å². The molecule has 3 rings (SSSR count). The Morgan fingerprint density at radius 1 is 1.16 bits per heavy atom. The van der Waals surface area contributed by atoms with Crippen molar-refractivity contribution in [3.63, 3.8) is 0 Å². The highest BCUT2D eigenvalue weighted by Crippen LogP contribution is 2.23. The molecule has 0 N–H and O–H groups in total. The van der Waals surface area contributed by atoms with E-state index < -0.39 is 0 Å². The van der Waals surface area contributed by atoms with Gasteiger partial charge in [0.1, 0.15) is 12.3 Å². The van der Waals surface area contributed by atoms with Gasteiger partial charge in [0.05, 0.1) is 18.9 Å². The summed E-state index contributed by atoms with van der Waals surface area (Å²) in [5, 5.41) is 0. The van der Waals surface area contributed by atoms with Gasteiger partial charge in [0.15, 0.2) is 0 Å². The summed E-state index contributed by atoms with van der Waals surface area (Å²) in [7, 11) is 0. The molecular weight excluding hydrogens is 404 g/mol. The molecule has 32 heavy (non-hydrogen) atoms. The lowest BCUT2D eigenvalue weighted by Crippen LogP contribution is -2.45. The van der Waals surface area contributed by atoms with E-state index in [2.05, 4.69) is 27.4 Å². The molecule has 1 atom stereocenters. The first-order chi connectivity index (χ1) is 15.3. The van der Waals surface area contributed by atoms with Crippen LogP contribution in [0, 0.1) is 0 Å². The molecule has 172 valence electrons. The molecule has 1 aromatic heterocycles. The van der Waals surface area contributed by atoms with Crippen molar-refractivity contribution in [1.29, 1.82) is 0 Å². The van der Waals surface area contributed by atoms with Gasteiger partial charge in [0.2, 0.25) is 5.91 Å². The quantitative estimate of drug-likeness (QED) is 0.544. The van der Waals surface area contributed by atoms with Crippen LogP contribution in [0.2, 0.25) is 0 Å². The molecule has 2 aromatic rings. The Kier molecular flexibility index (Phi) is 7.91. The molecule has 6 nitrogen and oxygen atoms in total. The number of carbonyl (C=O) groups excluding carboxylic acids is 2. The summed E-state index contributed by atoms with van der Waals surface area (Å²) in [6, 6.07) is 11.3.